The number of rotatable bonds is 4. The Hall–Kier alpha value is -2.32. The van der Waals surface area contributed by atoms with Gasteiger partial charge in [-0.05, 0) is 12.1 Å². The molecule has 0 aromatic carbocycles. The highest BCUT2D eigenvalue weighted by molar-refractivity contribution is 5.89. The molecule has 1 amide bonds. The number of tetrazole rings is 1. The van der Waals surface area contributed by atoms with Gasteiger partial charge in [0.05, 0.1) is 6.54 Å². The molecule has 0 saturated carbocycles. The molecule has 2 rings (SSSR count). The van der Waals surface area contributed by atoms with Crippen LogP contribution in [-0.4, -0.2) is 41.3 Å². The van der Waals surface area contributed by atoms with Gasteiger partial charge < -0.3 is 9.88 Å². The molecule has 2 aromatic rings. The lowest BCUT2D eigenvalue weighted by Crippen LogP contribution is -2.25. The van der Waals surface area contributed by atoms with Crippen molar-refractivity contribution in [2.24, 2.45) is 0 Å². The summed E-state index contributed by atoms with van der Waals surface area (Å²) in [6.07, 6.45) is 1.61. The van der Waals surface area contributed by atoms with Crippen LogP contribution in [0.25, 0.3) is 0 Å². The van der Waals surface area contributed by atoms with Crippen LogP contribution in [0.4, 0.5) is 0 Å². The van der Waals surface area contributed by atoms with Gasteiger partial charge in [-0.1, -0.05) is 0 Å². The Bertz CT molecular complexity index is 460. The second kappa shape index (κ2) is 4.47. The molecule has 0 aliphatic heterocycles. The van der Waals surface area contributed by atoms with Gasteiger partial charge in [0.15, 0.2) is 5.82 Å². The van der Waals surface area contributed by atoms with Crippen LogP contribution in [0.5, 0.6) is 0 Å². The molecule has 0 atom stereocenters. The van der Waals surface area contributed by atoms with Crippen LogP contribution < -0.4 is 5.32 Å². The summed E-state index contributed by atoms with van der Waals surface area (Å²) in [5, 5.41) is 22.8. The van der Waals surface area contributed by atoms with Crippen molar-refractivity contribution in [1.82, 2.24) is 40.7 Å². The Morgan fingerprint density at radius 2 is 2.44 bits per heavy atom. The molecule has 16 heavy (non-hydrogen) atoms. The van der Waals surface area contributed by atoms with Crippen LogP contribution in [0.15, 0.2) is 6.33 Å². The lowest BCUT2D eigenvalue weighted by Gasteiger charge is -2.03. The minimum atomic E-state index is -0.403. The van der Waals surface area contributed by atoms with E-state index in [1.165, 1.54) is 0 Å². The van der Waals surface area contributed by atoms with E-state index in [-0.39, 0.29) is 12.4 Å². The number of carbonyl (C=O) groups is 1. The van der Waals surface area contributed by atoms with Crippen molar-refractivity contribution in [2.75, 3.05) is 0 Å². The van der Waals surface area contributed by atoms with Gasteiger partial charge in [0.1, 0.15) is 6.33 Å². The third-order valence-corrected chi connectivity index (χ3v) is 1.99. The number of amides is 1. The minimum Gasteiger partial charge on any atom is -0.342 e. The molecule has 9 nitrogen and oxygen atoms in total. The van der Waals surface area contributed by atoms with Crippen molar-refractivity contribution in [2.45, 2.75) is 20.0 Å². The Morgan fingerprint density at radius 1 is 1.56 bits per heavy atom. The molecular weight excluding hydrogens is 212 g/mol. The first-order chi connectivity index (χ1) is 7.81. The van der Waals surface area contributed by atoms with Crippen LogP contribution in [0.2, 0.25) is 0 Å². The van der Waals surface area contributed by atoms with Crippen molar-refractivity contribution in [3.05, 3.63) is 18.0 Å². The average Bonchev–Trinajstić information content (AvgIpc) is 2.96. The van der Waals surface area contributed by atoms with E-state index < -0.39 is 5.91 Å². The van der Waals surface area contributed by atoms with Crippen LogP contribution in [0, 0.1) is 0 Å². The molecule has 2 aromatic heterocycles. The third-order valence-electron chi connectivity index (χ3n) is 1.99. The van der Waals surface area contributed by atoms with Crippen molar-refractivity contribution in [3.8, 4) is 0 Å². The van der Waals surface area contributed by atoms with E-state index in [2.05, 4.69) is 36.1 Å². The van der Waals surface area contributed by atoms with Gasteiger partial charge in [0.25, 0.3) is 11.7 Å². The quantitative estimate of drug-likeness (QED) is 0.667. The zero-order chi connectivity index (χ0) is 11.4. The number of H-pyrrole nitrogens is 1. The molecule has 0 aliphatic carbocycles. The zero-order valence-corrected chi connectivity index (χ0v) is 8.58. The van der Waals surface area contributed by atoms with Gasteiger partial charge in [-0.15, -0.1) is 20.4 Å². The summed E-state index contributed by atoms with van der Waals surface area (Å²) in [5.41, 5.74) is 0. The number of hydrogen-bond acceptors (Lipinski definition) is 6. The Morgan fingerprint density at radius 3 is 3.12 bits per heavy atom. The fourth-order valence-electron chi connectivity index (χ4n) is 1.18. The fourth-order valence-corrected chi connectivity index (χ4v) is 1.18. The monoisotopic (exact) mass is 222 g/mol. The number of aromatic nitrogens is 7. The van der Waals surface area contributed by atoms with Crippen LogP contribution in [0.3, 0.4) is 0 Å². The number of carbonyl (C=O) groups excluding carboxylic acids is 1. The van der Waals surface area contributed by atoms with Gasteiger partial charge >= 0.3 is 0 Å². The van der Waals surface area contributed by atoms with Crippen molar-refractivity contribution < 1.29 is 4.79 Å². The van der Waals surface area contributed by atoms with E-state index in [9.17, 15) is 4.79 Å². The van der Waals surface area contributed by atoms with Crippen molar-refractivity contribution in [1.29, 1.82) is 0 Å². The number of hydrogen-bond donors (Lipinski definition) is 2. The lowest BCUT2D eigenvalue weighted by atomic mass is 10.5. The highest BCUT2D eigenvalue weighted by Gasteiger charge is 2.11. The second-order valence-electron chi connectivity index (χ2n) is 2.95. The highest BCUT2D eigenvalue weighted by Crippen LogP contribution is 1.94. The van der Waals surface area contributed by atoms with Gasteiger partial charge in [0, 0.05) is 6.54 Å². The predicted molar refractivity (Wildman–Crippen MR) is 51.0 cm³/mol. The first kappa shape index (κ1) is 10.2. The fraction of sp³-hybridized carbons (Fsp3) is 0.429. The largest absolute Gasteiger partial charge is 0.342 e. The van der Waals surface area contributed by atoms with Gasteiger partial charge in [-0.25, -0.2) is 0 Å². The molecule has 0 bridgehead atoms. The molecule has 0 aliphatic rings. The number of aromatic amines is 1. The molecule has 0 fully saturated rings. The molecular formula is C7H10N8O. The SMILES string of the molecule is CCn1cnnc1CNC(=O)c1nn[nH]n1. The summed E-state index contributed by atoms with van der Waals surface area (Å²) in [5.74, 6) is 0.279. The Kier molecular flexibility index (Phi) is 2.85. The smallest absolute Gasteiger partial charge is 0.293 e. The molecule has 84 valence electrons. The molecule has 0 unspecified atom stereocenters. The molecule has 2 heterocycles. The number of nitrogens with one attached hydrogen (secondary N) is 2. The van der Waals surface area contributed by atoms with Gasteiger partial charge in [0.2, 0.25) is 0 Å². The van der Waals surface area contributed by atoms with Crippen LogP contribution in [0.1, 0.15) is 23.4 Å². The van der Waals surface area contributed by atoms with Gasteiger partial charge in [-0.2, -0.15) is 5.21 Å². The maximum Gasteiger partial charge on any atom is 0.293 e. The summed E-state index contributed by atoms with van der Waals surface area (Å²) in [4.78, 5) is 11.4. The van der Waals surface area contributed by atoms with Crippen LogP contribution in [-0.2, 0) is 13.1 Å². The first-order valence-corrected chi connectivity index (χ1v) is 4.69. The molecule has 0 saturated heterocycles. The minimum absolute atomic E-state index is 0.00237. The van der Waals surface area contributed by atoms with Gasteiger partial charge in [-0.3, -0.25) is 4.79 Å². The molecule has 0 radical (unpaired) electrons. The number of nitrogens with zero attached hydrogens (tertiary/aromatic N) is 6. The number of aryl methyl sites for hydroxylation is 1. The first-order valence-electron chi connectivity index (χ1n) is 4.69. The van der Waals surface area contributed by atoms with E-state index >= 15 is 0 Å². The van der Waals surface area contributed by atoms with E-state index in [0.717, 1.165) is 6.54 Å². The second-order valence-corrected chi connectivity index (χ2v) is 2.95. The van der Waals surface area contributed by atoms with E-state index in [0.29, 0.717) is 5.82 Å². The molecule has 2 N–H and O–H groups in total. The standard InChI is InChI=1S/C7H10N8O/c1-2-15-4-9-10-5(15)3-8-7(16)6-11-13-14-12-6/h4H,2-3H2,1H3,(H,8,16)(H,11,12,13,14). The molecule has 0 spiro atoms. The summed E-state index contributed by atoms with van der Waals surface area (Å²) >= 11 is 0. The topological polar surface area (TPSA) is 114 Å². The zero-order valence-electron chi connectivity index (χ0n) is 8.58. The lowest BCUT2D eigenvalue weighted by molar-refractivity contribution is 0.0939. The normalized spacial score (nSPS) is 10.3. The highest BCUT2D eigenvalue weighted by atomic mass is 16.2. The third kappa shape index (κ3) is 2.02. The summed E-state index contributed by atoms with van der Waals surface area (Å²) in [6, 6.07) is 0. The van der Waals surface area contributed by atoms with Crippen molar-refractivity contribution in [3.63, 3.8) is 0 Å². The van der Waals surface area contributed by atoms with E-state index in [1.807, 2.05) is 11.5 Å². The maximum absolute atomic E-state index is 11.4. The summed E-state index contributed by atoms with van der Waals surface area (Å²) in [6.45, 7) is 3.00. The van der Waals surface area contributed by atoms with E-state index in [1.54, 1.807) is 6.33 Å². The Labute approximate surface area is 90.3 Å². The summed E-state index contributed by atoms with van der Waals surface area (Å²) < 4.78 is 1.83. The maximum atomic E-state index is 11.4. The summed E-state index contributed by atoms with van der Waals surface area (Å²) in [7, 11) is 0. The van der Waals surface area contributed by atoms with Crippen molar-refractivity contribution >= 4 is 5.91 Å². The van der Waals surface area contributed by atoms with Crippen LogP contribution >= 0.6 is 0 Å². The molecule has 9 heteroatoms. The Balaban J connectivity index is 1.95. The van der Waals surface area contributed by atoms with E-state index in [4.69, 9.17) is 0 Å². The predicted octanol–water partition coefficient (Wildman–Crippen LogP) is -1.26. The average molecular weight is 222 g/mol.